The van der Waals surface area contributed by atoms with Gasteiger partial charge < -0.3 is 5.11 Å². The Hall–Kier alpha value is -1.00. The normalized spacial score (nSPS) is 14.6. The van der Waals surface area contributed by atoms with Gasteiger partial charge in [0.15, 0.2) is 11.6 Å². The average molecular weight is 443 g/mol. The Morgan fingerprint density at radius 3 is 2.33 bits per heavy atom. The predicted octanol–water partition coefficient (Wildman–Crippen LogP) is 0.932. The molecule has 0 N–H and O–H groups in total. The van der Waals surface area contributed by atoms with Crippen LogP contribution in [0.1, 0.15) is 78.7 Å². The summed E-state index contributed by atoms with van der Waals surface area (Å²) in [5, 5.41) is 10.9. The van der Waals surface area contributed by atoms with E-state index in [-0.39, 0.29) is 80.6 Å². The van der Waals surface area contributed by atoms with E-state index in [4.69, 9.17) is 19.6 Å². The van der Waals surface area contributed by atoms with Crippen LogP contribution in [-0.4, -0.2) is 18.2 Å². The minimum absolute atomic E-state index is 0. The molecule has 30 heavy (non-hydrogen) atoms. The van der Waals surface area contributed by atoms with Gasteiger partial charge in [0, 0.05) is 11.1 Å². The van der Waals surface area contributed by atoms with Gasteiger partial charge in [-0.05, 0) is 37.1 Å². The maximum Gasteiger partial charge on any atom is 1.00 e. The number of hydrogen-bond acceptors (Lipinski definition) is 7. The van der Waals surface area contributed by atoms with E-state index >= 15 is 0 Å². The minimum Gasteiger partial charge on any atom is -0.877 e. The van der Waals surface area contributed by atoms with E-state index in [1.807, 2.05) is 0 Å². The Morgan fingerprint density at radius 2 is 1.63 bits per heavy atom. The number of rotatable bonds is 13. The summed E-state index contributed by atoms with van der Waals surface area (Å²) in [7, 11) is 0. The molecule has 1 aromatic carbocycles. The number of carbonyl (C=O) groups is 2. The number of benzene rings is 1. The summed E-state index contributed by atoms with van der Waals surface area (Å²) < 4.78 is 0. The molecule has 0 aromatic heterocycles. The summed E-state index contributed by atoms with van der Waals surface area (Å²) >= 11 is 0. The van der Waals surface area contributed by atoms with E-state index in [2.05, 4.69) is 6.92 Å². The number of fused-ring (bicyclic) bond motifs is 1. The molecule has 0 heterocycles. The summed E-state index contributed by atoms with van der Waals surface area (Å²) in [6.45, 7) is 4.38. The standard InChI is InChI=1S/C22H28O7.K/c1-3-5-6-7-8-9-12-26-28-20(4-2)29-27-15-16-10-11-17-18(13-16)22(25)19(14-23)21(17)24;/h4,10-11,13-14,23H,3,5-9,12,15H2,1-2H3;/q;+1/p-1/b19-14-,20-4?;. The molecule has 1 aliphatic carbocycles. The maximum atomic E-state index is 12.1. The first kappa shape index (κ1) is 27.0. The number of allylic oxidation sites excluding steroid dienone is 2. The topological polar surface area (TPSA) is 94.1 Å². The number of hydrogen-bond donors (Lipinski definition) is 0. The quantitative estimate of drug-likeness (QED) is 0.0853. The van der Waals surface area contributed by atoms with Crippen molar-refractivity contribution in [2.45, 2.75) is 59.0 Å². The predicted molar refractivity (Wildman–Crippen MR) is 103 cm³/mol. The molecule has 0 bridgehead atoms. The van der Waals surface area contributed by atoms with Gasteiger partial charge in [-0.1, -0.05) is 45.1 Å². The van der Waals surface area contributed by atoms with E-state index in [1.54, 1.807) is 19.1 Å². The number of ketones is 2. The molecule has 2 rings (SSSR count). The zero-order chi connectivity index (χ0) is 21.1. The molecule has 0 saturated carbocycles. The molecule has 1 aromatic rings. The Kier molecular flexibility index (Phi) is 13.4. The molecule has 0 atom stereocenters. The third-order valence-corrected chi connectivity index (χ3v) is 4.50. The molecular formula is C22H27KO7. The van der Waals surface area contributed by atoms with Crippen molar-refractivity contribution in [3.8, 4) is 0 Å². The Morgan fingerprint density at radius 1 is 0.967 bits per heavy atom. The van der Waals surface area contributed by atoms with Crippen molar-refractivity contribution in [2.75, 3.05) is 6.61 Å². The third-order valence-electron chi connectivity index (χ3n) is 4.50. The first-order valence-electron chi connectivity index (χ1n) is 9.92. The Balaban J connectivity index is 0.00000450. The van der Waals surface area contributed by atoms with Gasteiger partial charge in [-0.2, -0.15) is 9.78 Å². The summed E-state index contributed by atoms with van der Waals surface area (Å²) in [5.41, 5.74) is 0.687. The fourth-order valence-electron chi connectivity index (χ4n) is 2.87. The van der Waals surface area contributed by atoms with Crippen molar-refractivity contribution >= 4 is 11.6 Å². The van der Waals surface area contributed by atoms with E-state index < -0.39 is 11.6 Å². The van der Waals surface area contributed by atoms with Crippen LogP contribution in [0, 0.1) is 0 Å². The van der Waals surface area contributed by atoms with Crippen molar-refractivity contribution in [1.29, 1.82) is 0 Å². The van der Waals surface area contributed by atoms with E-state index in [1.165, 1.54) is 37.8 Å². The maximum absolute atomic E-state index is 12.1. The monoisotopic (exact) mass is 442 g/mol. The second kappa shape index (κ2) is 14.9. The van der Waals surface area contributed by atoms with Gasteiger partial charge in [-0.3, -0.25) is 19.4 Å². The average Bonchev–Trinajstić information content (AvgIpc) is 2.97. The molecule has 8 heteroatoms. The summed E-state index contributed by atoms with van der Waals surface area (Å²) in [6.07, 6.45) is 8.76. The minimum atomic E-state index is -0.566. The van der Waals surface area contributed by atoms with Crippen molar-refractivity contribution in [1.82, 2.24) is 0 Å². The third kappa shape index (κ3) is 7.92. The van der Waals surface area contributed by atoms with Crippen LogP contribution in [0.25, 0.3) is 0 Å². The molecule has 0 unspecified atom stereocenters. The van der Waals surface area contributed by atoms with E-state index in [9.17, 15) is 14.7 Å². The molecule has 0 saturated heterocycles. The van der Waals surface area contributed by atoms with Crippen molar-refractivity contribution < 1.29 is 85.6 Å². The number of carbonyl (C=O) groups excluding carboxylic acids is 2. The number of Topliss-reactive ketones (excluding diaryl/α,β-unsaturated/α-hetero) is 2. The summed E-state index contributed by atoms with van der Waals surface area (Å²) in [4.78, 5) is 44.3. The van der Waals surface area contributed by atoms with Gasteiger partial charge in [0.25, 0.3) is 0 Å². The van der Waals surface area contributed by atoms with Crippen LogP contribution in [0.4, 0.5) is 0 Å². The first-order chi connectivity index (χ1) is 14.1. The van der Waals surface area contributed by atoms with Crippen LogP contribution in [0.5, 0.6) is 0 Å². The molecule has 0 aliphatic heterocycles. The summed E-state index contributed by atoms with van der Waals surface area (Å²) in [5.74, 6) is -1.04. The van der Waals surface area contributed by atoms with Crippen LogP contribution in [0.2, 0.25) is 0 Å². The fraction of sp³-hybridized carbons (Fsp3) is 0.455. The molecule has 7 nitrogen and oxygen atoms in total. The zero-order valence-corrected chi connectivity index (χ0v) is 21.0. The second-order valence-corrected chi connectivity index (χ2v) is 6.70. The van der Waals surface area contributed by atoms with Crippen LogP contribution in [0.3, 0.4) is 0 Å². The molecule has 0 fully saturated rings. The zero-order valence-electron chi connectivity index (χ0n) is 17.9. The second-order valence-electron chi connectivity index (χ2n) is 6.70. The van der Waals surface area contributed by atoms with Crippen LogP contribution < -0.4 is 56.5 Å². The van der Waals surface area contributed by atoms with Gasteiger partial charge in [0.05, 0.1) is 12.2 Å². The Labute approximate surface area is 219 Å². The van der Waals surface area contributed by atoms with Crippen molar-refractivity contribution in [2.24, 2.45) is 0 Å². The van der Waals surface area contributed by atoms with E-state index in [0.29, 0.717) is 18.4 Å². The largest absolute Gasteiger partial charge is 1.00 e. The molecular weight excluding hydrogens is 415 g/mol. The molecule has 0 amide bonds. The van der Waals surface area contributed by atoms with Crippen LogP contribution in [0.15, 0.2) is 42.1 Å². The summed E-state index contributed by atoms with van der Waals surface area (Å²) in [6, 6.07) is 4.65. The SMILES string of the molecule is CC=C(OOCCCCCCCC)OOCc1ccc2c(c1)C(=O)/C(=C\[O-])C2=O.[K+]. The van der Waals surface area contributed by atoms with Gasteiger partial charge in [-0.25, -0.2) is 0 Å². The van der Waals surface area contributed by atoms with Gasteiger partial charge in [0.1, 0.15) is 6.61 Å². The van der Waals surface area contributed by atoms with Crippen LogP contribution in [-0.2, 0) is 26.2 Å². The molecule has 1 aliphatic rings. The van der Waals surface area contributed by atoms with Crippen molar-refractivity contribution in [3.05, 3.63) is 58.7 Å². The van der Waals surface area contributed by atoms with Gasteiger partial charge in [-0.15, -0.1) is 6.26 Å². The molecule has 158 valence electrons. The van der Waals surface area contributed by atoms with Gasteiger partial charge in [0.2, 0.25) is 0 Å². The van der Waals surface area contributed by atoms with E-state index in [0.717, 1.165) is 12.8 Å². The first-order valence-corrected chi connectivity index (χ1v) is 9.92. The number of unbranched alkanes of at least 4 members (excludes halogenated alkanes) is 5. The Bertz CT molecular complexity index is 771. The fourth-order valence-corrected chi connectivity index (χ4v) is 2.87. The van der Waals surface area contributed by atoms with Crippen molar-refractivity contribution in [3.63, 3.8) is 0 Å². The van der Waals surface area contributed by atoms with Crippen LogP contribution >= 0.6 is 0 Å². The molecule has 0 radical (unpaired) electrons. The smallest absolute Gasteiger partial charge is 0.877 e. The molecule has 0 spiro atoms. The van der Waals surface area contributed by atoms with Gasteiger partial charge >= 0.3 is 57.3 Å².